The summed E-state index contributed by atoms with van der Waals surface area (Å²) in [4.78, 5) is 26.7. The lowest BCUT2D eigenvalue weighted by Crippen LogP contribution is -2.05. The molecule has 5 aromatic heterocycles. The molecule has 0 spiro atoms. The Balaban J connectivity index is 1.29. The van der Waals surface area contributed by atoms with Crippen LogP contribution in [0.2, 0.25) is 0 Å². The summed E-state index contributed by atoms with van der Waals surface area (Å²) in [5.74, 6) is 2.16. The van der Waals surface area contributed by atoms with Gasteiger partial charge in [-0.2, -0.15) is 13.2 Å². The average Bonchev–Trinajstić information content (AvgIpc) is 3.43. The number of alkyl halides is 3. The number of hydrogen-bond acceptors (Lipinski definition) is 7. The molecule has 0 amide bonds. The van der Waals surface area contributed by atoms with Gasteiger partial charge in [-0.1, -0.05) is 24.3 Å². The highest BCUT2D eigenvalue weighted by Crippen LogP contribution is 2.45. The van der Waals surface area contributed by atoms with Crippen molar-refractivity contribution in [2.45, 2.75) is 31.5 Å². The van der Waals surface area contributed by atoms with Gasteiger partial charge in [0.15, 0.2) is 17.2 Å². The molecule has 40 heavy (non-hydrogen) atoms. The molecule has 0 N–H and O–H groups in total. The van der Waals surface area contributed by atoms with Gasteiger partial charge in [0.25, 0.3) is 0 Å². The molecule has 1 aliphatic rings. The van der Waals surface area contributed by atoms with Gasteiger partial charge in [-0.15, -0.1) is 0 Å². The average molecular weight is 546 g/mol. The minimum Gasteiger partial charge on any atom is -0.480 e. The summed E-state index contributed by atoms with van der Waals surface area (Å²) >= 11 is 0. The summed E-state index contributed by atoms with van der Waals surface area (Å²) < 4.78 is 50.2. The van der Waals surface area contributed by atoms with Gasteiger partial charge in [0.1, 0.15) is 23.2 Å². The molecule has 1 aliphatic carbocycles. The van der Waals surface area contributed by atoms with E-state index in [9.17, 15) is 13.2 Å². The van der Waals surface area contributed by atoms with Crippen molar-refractivity contribution in [3.63, 3.8) is 0 Å². The van der Waals surface area contributed by atoms with E-state index < -0.39 is 11.9 Å². The Morgan fingerprint density at radius 3 is 2.52 bits per heavy atom. The second kappa shape index (κ2) is 8.86. The van der Waals surface area contributed by atoms with Crippen LogP contribution in [0.3, 0.4) is 0 Å². The lowest BCUT2D eigenvalue weighted by Gasteiger charge is -2.11. The van der Waals surface area contributed by atoms with Crippen LogP contribution in [0.1, 0.15) is 35.7 Å². The monoisotopic (exact) mass is 545 g/mol. The maximum atomic E-state index is 13.1. The highest BCUT2D eigenvalue weighted by atomic mass is 19.4. The Hall–Kier alpha value is -4.81. The molecule has 5 heterocycles. The Labute approximate surface area is 225 Å². The Kier molecular flexibility index (Phi) is 5.37. The van der Waals surface area contributed by atoms with Gasteiger partial charge in [-0.05, 0) is 18.4 Å². The molecule has 13 heteroatoms. The van der Waals surface area contributed by atoms with Gasteiger partial charge in [-0.25, -0.2) is 29.9 Å². The second-order valence-corrected chi connectivity index (χ2v) is 9.76. The molecule has 0 saturated heterocycles. The van der Waals surface area contributed by atoms with Gasteiger partial charge in [0.05, 0.1) is 25.5 Å². The zero-order valence-electron chi connectivity index (χ0n) is 21.5. The highest BCUT2D eigenvalue weighted by molar-refractivity contribution is 5.79. The fourth-order valence-corrected chi connectivity index (χ4v) is 5.01. The highest BCUT2D eigenvalue weighted by Gasteiger charge is 2.35. The molecular weight excluding hydrogens is 523 g/mol. The third kappa shape index (κ3) is 3.96. The van der Waals surface area contributed by atoms with E-state index >= 15 is 0 Å². The molecule has 0 unspecified atom stereocenters. The van der Waals surface area contributed by atoms with E-state index in [1.54, 1.807) is 38.7 Å². The van der Waals surface area contributed by atoms with E-state index in [0.29, 0.717) is 46.7 Å². The molecule has 1 fully saturated rings. The molecule has 6 aromatic rings. The first kappa shape index (κ1) is 24.2. The predicted octanol–water partition coefficient (Wildman–Crippen LogP) is 4.89. The predicted molar refractivity (Wildman–Crippen MR) is 139 cm³/mol. The maximum absolute atomic E-state index is 13.1. The number of rotatable bonds is 6. The van der Waals surface area contributed by atoms with Gasteiger partial charge >= 0.3 is 6.18 Å². The van der Waals surface area contributed by atoms with Crippen LogP contribution in [-0.2, 0) is 19.8 Å². The summed E-state index contributed by atoms with van der Waals surface area (Å²) in [6.07, 6.45) is 5.40. The first-order valence-electron chi connectivity index (χ1n) is 12.6. The fourth-order valence-electron chi connectivity index (χ4n) is 5.01. The Morgan fingerprint density at radius 2 is 1.82 bits per heavy atom. The van der Waals surface area contributed by atoms with Gasteiger partial charge in [-0.3, -0.25) is 8.97 Å². The normalized spacial score (nSPS) is 13.9. The van der Waals surface area contributed by atoms with Crippen LogP contribution in [0.25, 0.3) is 39.7 Å². The number of aromatic nitrogens is 9. The first-order chi connectivity index (χ1) is 19.3. The van der Waals surface area contributed by atoms with E-state index in [-0.39, 0.29) is 5.82 Å². The molecule has 1 saturated carbocycles. The van der Waals surface area contributed by atoms with E-state index in [1.807, 2.05) is 27.3 Å². The number of benzene rings is 1. The zero-order chi connectivity index (χ0) is 27.6. The topological polar surface area (TPSA) is 101 Å². The van der Waals surface area contributed by atoms with Crippen LogP contribution in [0.4, 0.5) is 13.2 Å². The Morgan fingerprint density at radius 1 is 1.02 bits per heavy atom. The molecule has 7 rings (SSSR count). The van der Waals surface area contributed by atoms with Gasteiger partial charge < -0.3 is 9.30 Å². The molecule has 0 bridgehead atoms. The quantitative estimate of drug-likeness (QED) is 0.294. The van der Waals surface area contributed by atoms with Crippen LogP contribution in [0.15, 0.2) is 55.4 Å². The van der Waals surface area contributed by atoms with Crippen molar-refractivity contribution >= 4 is 16.9 Å². The van der Waals surface area contributed by atoms with Crippen LogP contribution in [-0.4, -0.2) is 50.5 Å². The van der Waals surface area contributed by atoms with Crippen molar-refractivity contribution in [3.05, 3.63) is 72.3 Å². The lowest BCUT2D eigenvalue weighted by molar-refractivity contribution is -0.140. The minimum absolute atomic E-state index is 0.240. The molecule has 1 aromatic carbocycles. The van der Waals surface area contributed by atoms with E-state index in [2.05, 4.69) is 24.9 Å². The summed E-state index contributed by atoms with van der Waals surface area (Å²) in [6.45, 7) is 0.424. The molecule has 0 atom stereocenters. The molecular formula is C27H22F3N9O. The maximum Gasteiger partial charge on any atom is 0.434 e. The van der Waals surface area contributed by atoms with Crippen molar-refractivity contribution in [1.82, 2.24) is 43.4 Å². The van der Waals surface area contributed by atoms with Crippen molar-refractivity contribution in [3.8, 4) is 28.7 Å². The largest absolute Gasteiger partial charge is 0.480 e. The zero-order valence-corrected chi connectivity index (χ0v) is 21.5. The van der Waals surface area contributed by atoms with E-state index in [0.717, 1.165) is 35.8 Å². The fraction of sp³-hybridized carbons (Fsp3) is 0.259. The van der Waals surface area contributed by atoms with Crippen LogP contribution < -0.4 is 4.74 Å². The number of nitrogens with zero attached hydrogens (tertiary/aromatic N) is 9. The number of imidazole rings is 3. The lowest BCUT2D eigenvalue weighted by atomic mass is 10.1. The van der Waals surface area contributed by atoms with Crippen LogP contribution in [0.5, 0.6) is 5.88 Å². The molecule has 202 valence electrons. The van der Waals surface area contributed by atoms with E-state index in [4.69, 9.17) is 9.72 Å². The number of ether oxygens (including phenoxy) is 1. The number of methoxy groups -OCH3 is 1. The summed E-state index contributed by atoms with van der Waals surface area (Å²) in [5.41, 5.74) is 3.60. The number of fused-ring (bicyclic) bond motifs is 3. The molecule has 0 radical (unpaired) electrons. The van der Waals surface area contributed by atoms with Crippen molar-refractivity contribution < 1.29 is 17.9 Å². The summed E-state index contributed by atoms with van der Waals surface area (Å²) in [7, 11) is 3.11. The summed E-state index contributed by atoms with van der Waals surface area (Å²) in [5, 5.41) is 0. The number of hydrogen-bond donors (Lipinski definition) is 0. The Bertz CT molecular complexity index is 1880. The number of halogens is 3. The van der Waals surface area contributed by atoms with Crippen molar-refractivity contribution in [2.75, 3.05) is 7.11 Å². The second-order valence-electron chi connectivity index (χ2n) is 9.76. The standard InChI is InChI=1S/C27H22F3N9O/c1-37-13-19(27(28,29)30)35-23(37)17-5-3-15(4-6-17)12-39-24-18(38-10-9-31-26(38)39)11-32-22(36-24)20-21(16-7-8-16)33-14-34-25(20)40-2/h3-6,9-11,13-14,16H,7-8,12H2,1-2H3. The van der Waals surface area contributed by atoms with Gasteiger partial charge in [0, 0.05) is 37.1 Å². The third-order valence-corrected chi connectivity index (χ3v) is 7.07. The summed E-state index contributed by atoms with van der Waals surface area (Å²) in [6, 6.07) is 7.26. The van der Waals surface area contributed by atoms with Gasteiger partial charge in [0.2, 0.25) is 11.7 Å². The third-order valence-electron chi connectivity index (χ3n) is 7.07. The first-order valence-corrected chi connectivity index (χ1v) is 12.6. The smallest absolute Gasteiger partial charge is 0.434 e. The SMILES string of the molecule is COc1ncnc(C2CC2)c1-c1ncc2c(n1)n(Cc1ccc(-c3nc(C(F)(F)F)cn3C)cc1)c1nccn21. The van der Waals surface area contributed by atoms with Crippen molar-refractivity contribution in [1.29, 1.82) is 0 Å². The van der Waals surface area contributed by atoms with Crippen LogP contribution in [0, 0.1) is 0 Å². The molecule has 10 nitrogen and oxygen atoms in total. The molecule has 0 aliphatic heterocycles. The van der Waals surface area contributed by atoms with E-state index in [1.165, 1.54) is 10.9 Å². The van der Waals surface area contributed by atoms with Crippen LogP contribution >= 0.6 is 0 Å². The van der Waals surface area contributed by atoms with Crippen molar-refractivity contribution in [2.24, 2.45) is 7.05 Å². The number of aryl methyl sites for hydroxylation is 1. The minimum atomic E-state index is -4.50.